The van der Waals surface area contributed by atoms with Gasteiger partial charge in [-0.05, 0) is 49.2 Å². The monoisotopic (exact) mass is 480 g/mol. The highest BCUT2D eigenvalue weighted by Gasteiger charge is 2.34. The molecule has 0 bridgehead atoms. The molecule has 0 spiro atoms. The number of rotatable bonds is 7. The average Bonchev–Trinajstić information content (AvgIpc) is 2.74. The predicted octanol–water partition coefficient (Wildman–Crippen LogP) is 4.68. The van der Waals surface area contributed by atoms with Gasteiger partial charge in [0.1, 0.15) is 11.9 Å². The molecule has 3 rings (SSSR count). The van der Waals surface area contributed by atoms with E-state index in [0.29, 0.717) is 17.7 Å². The summed E-state index contributed by atoms with van der Waals surface area (Å²) in [4.78, 5) is 12.8. The Morgan fingerprint density at radius 3 is 2.21 bits per heavy atom. The predicted molar refractivity (Wildman–Crippen MR) is 115 cm³/mol. The number of carbonyl (C=O) groups excluding carboxylic acids is 1. The lowest BCUT2D eigenvalue weighted by atomic mass is 10.1. The molecule has 2 N–H and O–H groups in total. The topological polar surface area (TPSA) is 75.3 Å². The number of hydrogen-bond donors (Lipinski definition) is 2. The second-order valence-corrected chi connectivity index (χ2v) is 9.07. The van der Waals surface area contributed by atoms with Crippen LogP contribution in [0.4, 0.5) is 23.2 Å². The third-order valence-corrected chi connectivity index (χ3v) is 6.25. The van der Waals surface area contributed by atoms with Crippen LogP contribution >= 0.6 is 0 Å². The number of nitrogens with one attached hydrogen (secondary N) is 2. The van der Waals surface area contributed by atoms with Crippen LogP contribution < -0.4 is 10.0 Å². The highest BCUT2D eigenvalue weighted by Crippen LogP contribution is 2.33. The zero-order chi connectivity index (χ0) is 24.2. The SMILES string of the molecule is Cc1ccc(S(=O)(=O)N[C@@H](Cc2ccccc2)C(=O)Nc2ccc(F)c(C(F)(F)F)c2)cc1. The summed E-state index contributed by atoms with van der Waals surface area (Å²) < 4.78 is 80.6. The van der Waals surface area contributed by atoms with E-state index in [1.807, 2.05) is 0 Å². The minimum atomic E-state index is -4.96. The van der Waals surface area contributed by atoms with Gasteiger partial charge in [-0.2, -0.15) is 17.9 Å². The first-order valence-corrected chi connectivity index (χ1v) is 11.2. The molecule has 1 atom stereocenters. The number of anilines is 1. The number of sulfonamides is 1. The second kappa shape index (κ2) is 9.72. The van der Waals surface area contributed by atoms with Gasteiger partial charge in [-0.3, -0.25) is 4.79 Å². The zero-order valence-corrected chi connectivity index (χ0v) is 18.2. The highest BCUT2D eigenvalue weighted by atomic mass is 32.2. The molecule has 0 aromatic heterocycles. The summed E-state index contributed by atoms with van der Waals surface area (Å²) in [6, 6.07) is 15.1. The number of halogens is 4. The Hall–Kier alpha value is -3.24. The fourth-order valence-electron chi connectivity index (χ4n) is 3.06. The molecule has 0 fully saturated rings. The number of amides is 1. The van der Waals surface area contributed by atoms with E-state index in [4.69, 9.17) is 0 Å². The normalized spacial score (nSPS) is 12.9. The minimum Gasteiger partial charge on any atom is -0.325 e. The molecular formula is C23H20F4N2O3S. The Bertz CT molecular complexity index is 1230. The molecule has 0 aliphatic rings. The van der Waals surface area contributed by atoms with Crippen molar-refractivity contribution < 1.29 is 30.8 Å². The number of aryl methyl sites for hydroxylation is 1. The van der Waals surface area contributed by atoms with E-state index >= 15 is 0 Å². The van der Waals surface area contributed by atoms with E-state index in [1.54, 1.807) is 49.4 Å². The van der Waals surface area contributed by atoms with E-state index < -0.39 is 39.5 Å². The van der Waals surface area contributed by atoms with Crippen LogP contribution in [-0.4, -0.2) is 20.4 Å². The molecule has 0 saturated carbocycles. The van der Waals surface area contributed by atoms with Crippen LogP contribution in [0, 0.1) is 12.7 Å². The molecular weight excluding hydrogens is 460 g/mol. The molecule has 3 aromatic rings. The van der Waals surface area contributed by atoms with Crippen molar-refractivity contribution >= 4 is 21.6 Å². The molecule has 174 valence electrons. The van der Waals surface area contributed by atoms with E-state index in [-0.39, 0.29) is 17.0 Å². The Morgan fingerprint density at radius 2 is 1.61 bits per heavy atom. The molecule has 0 aliphatic carbocycles. The average molecular weight is 480 g/mol. The van der Waals surface area contributed by atoms with Crippen molar-refractivity contribution in [2.45, 2.75) is 30.5 Å². The maximum absolute atomic E-state index is 13.6. The van der Waals surface area contributed by atoms with Crippen molar-refractivity contribution in [1.82, 2.24) is 4.72 Å². The third kappa shape index (κ3) is 6.39. The number of hydrogen-bond acceptors (Lipinski definition) is 3. The van der Waals surface area contributed by atoms with Crippen molar-refractivity contribution in [3.05, 3.63) is 95.3 Å². The van der Waals surface area contributed by atoms with Crippen LogP contribution in [0.5, 0.6) is 0 Å². The van der Waals surface area contributed by atoms with Crippen molar-refractivity contribution in [3.8, 4) is 0 Å². The summed E-state index contributed by atoms with van der Waals surface area (Å²) in [5.74, 6) is -2.38. The fourth-order valence-corrected chi connectivity index (χ4v) is 4.26. The Kier molecular flexibility index (Phi) is 7.19. The molecule has 1 amide bonds. The maximum atomic E-state index is 13.6. The Balaban J connectivity index is 1.89. The van der Waals surface area contributed by atoms with Gasteiger partial charge in [0, 0.05) is 5.69 Å². The molecule has 3 aromatic carbocycles. The van der Waals surface area contributed by atoms with Gasteiger partial charge < -0.3 is 5.32 Å². The Labute approximate surface area is 188 Å². The van der Waals surface area contributed by atoms with Crippen molar-refractivity contribution in [1.29, 1.82) is 0 Å². The maximum Gasteiger partial charge on any atom is 0.419 e. The van der Waals surface area contributed by atoms with E-state index in [2.05, 4.69) is 10.0 Å². The van der Waals surface area contributed by atoms with Crippen LogP contribution in [0.1, 0.15) is 16.7 Å². The first kappa shape index (κ1) is 24.4. The summed E-state index contributed by atoms with van der Waals surface area (Å²) in [7, 11) is -4.12. The molecule has 5 nitrogen and oxygen atoms in total. The standard InChI is InChI=1S/C23H20F4N2O3S/c1-15-7-10-18(11-8-15)33(31,32)29-21(13-16-5-3-2-4-6-16)22(30)28-17-9-12-20(24)19(14-17)23(25,26)27/h2-12,14,21,29H,13H2,1H3,(H,28,30)/t21-/m0/s1. The van der Waals surface area contributed by atoms with Crippen molar-refractivity contribution in [2.75, 3.05) is 5.32 Å². The third-order valence-electron chi connectivity index (χ3n) is 4.77. The van der Waals surface area contributed by atoms with Gasteiger partial charge in [-0.15, -0.1) is 0 Å². The summed E-state index contributed by atoms with van der Waals surface area (Å²) >= 11 is 0. The van der Waals surface area contributed by atoms with E-state index in [0.717, 1.165) is 11.6 Å². The van der Waals surface area contributed by atoms with Gasteiger partial charge in [0.15, 0.2) is 0 Å². The van der Waals surface area contributed by atoms with Gasteiger partial charge in [-0.1, -0.05) is 48.0 Å². The summed E-state index contributed by atoms with van der Waals surface area (Å²) in [6.45, 7) is 1.79. The van der Waals surface area contributed by atoms with E-state index in [1.165, 1.54) is 12.1 Å². The zero-order valence-electron chi connectivity index (χ0n) is 17.4. The molecule has 33 heavy (non-hydrogen) atoms. The quantitative estimate of drug-likeness (QED) is 0.482. The van der Waals surface area contributed by atoms with Crippen LogP contribution in [0.3, 0.4) is 0 Å². The van der Waals surface area contributed by atoms with Crippen molar-refractivity contribution in [3.63, 3.8) is 0 Å². The lowest BCUT2D eigenvalue weighted by Crippen LogP contribution is -2.45. The van der Waals surface area contributed by atoms with Crippen LogP contribution in [0.2, 0.25) is 0 Å². The molecule has 0 unspecified atom stereocenters. The number of benzene rings is 3. The van der Waals surface area contributed by atoms with Gasteiger partial charge in [-0.25, -0.2) is 12.8 Å². The lowest BCUT2D eigenvalue weighted by Gasteiger charge is -2.19. The van der Waals surface area contributed by atoms with Crippen LogP contribution in [0.25, 0.3) is 0 Å². The smallest absolute Gasteiger partial charge is 0.325 e. The molecule has 0 heterocycles. The van der Waals surface area contributed by atoms with Gasteiger partial charge in [0.25, 0.3) is 0 Å². The number of alkyl halides is 3. The van der Waals surface area contributed by atoms with Gasteiger partial charge in [0.2, 0.25) is 15.9 Å². The summed E-state index contributed by atoms with van der Waals surface area (Å²) in [6.07, 6.45) is -5.02. The molecule has 0 radical (unpaired) electrons. The second-order valence-electron chi connectivity index (χ2n) is 7.36. The Morgan fingerprint density at radius 1 is 0.970 bits per heavy atom. The first-order chi connectivity index (χ1) is 15.5. The largest absolute Gasteiger partial charge is 0.419 e. The van der Waals surface area contributed by atoms with Gasteiger partial charge in [0.05, 0.1) is 10.5 Å². The summed E-state index contributed by atoms with van der Waals surface area (Å²) in [5.41, 5.74) is -0.398. The molecule has 0 saturated heterocycles. The van der Waals surface area contributed by atoms with Crippen LogP contribution in [0.15, 0.2) is 77.7 Å². The van der Waals surface area contributed by atoms with Crippen LogP contribution in [-0.2, 0) is 27.4 Å². The number of carbonyl (C=O) groups is 1. The molecule has 10 heteroatoms. The summed E-state index contributed by atoms with van der Waals surface area (Å²) in [5, 5.41) is 2.25. The molecule has 0 aliphatic heterocycles. The fraction of sp³-hybridized carbons (Fsp3) is 0.174. The van der Waals surface area contributed by atoms with Gasteiger partial charge >= 0.3 is 6.18 Å². The van der Waals surface area contributed by atoms with Crippen molar-refractivity contribution in [2.24, 2.45) is 0 Å². The van der Waals surface area contributed by atoms with E-state index in [9.17, 15) is 30.8 Å². The minimum absolute atomic E-state index is 0.0644. The highest BCUT2D eigenvalue weighted by molar-refractivity contribution is 7.89. The lowest BCUT2D eigenvalue weighted by molar-refractivity contribution is -0.140. The first-order valence-electron chi connectivity index (χ1n) is 9.76.